The van der Waals surface area contributed by atoms with Crippen LogP contribution in [0.15, 0.2) is 12.4 Å². The Labute approximate surface area is 142 Å². The van der Waals surface area contributed by atoms with Gasteiger partial charge >= 0.3 is 0 Å². The van der Waals surface area contributed by atoms with Crippen LogP contribution in [0.2, 0.25) is 0 Å². The summed E-state index contributed by atoms with van der Waals surface area (Å²) in [4.78, 5) is 23.1. The van der Waals surface area contributed by atoms with Gasteiger partial charge in [0.25, 0.3) is 5.91 Å². The Morgan fingerprint density at radius 1 is 1.33 bits per heavy atom. The Morgan fingerprint density at radius 3 is 2.88 bits per heavy atom. The minimum atomic E-state index is -1.17. The van der Waals surface area contributed by atoms with Crippen LogP contribution < -0.4 is 15.5 Å². The molecular weight excluding hydrogens is 306 g/mol. The third-order valence-electron chi connectivity index (χ3n) is 5.18. The summed E-state index contributed by atoms with van der Waals surface area (Å²) in [7, 11) is 1.83. The maximum Gasteiger partial charge on any atom is 0.252 e. The number of nitrogens with zero attached hydrogens (tertiary/aromatic N) is 3. The zero-order valence-electron chi connectivity index (χ0n) is 14.3. The van der Waals surface area contributed by atoms with E-state index < -0.39 is 5.60 Å². The molecule has 2 fully saturated rings. The summed E-state index contributed by atoms with van der Waals surface area (Å²) in [5, 5.41) is 16.5. The number of hydrogen-bond donors (Lipinski definition) is 3. The highest BCUT2D eigenvalue weighted by molar-refractivity contribution is 5.85. The van der Waals surface area contributed by atoms with E-state index in [1.165, 1.54) is 0 Å². The van der Waals surface area contributed by atoms with Crippen molar-refractivity contribution in [3.8, 4) is 0 Å². The van der Waals surface area contributed by atoms with Gasteiger partial charge in [-0.2, -0.15) is 0 Å². The van der Waals surface area contributed by atoms with E-state index in [-0.39, 0.29) is 11.9 Å². The van der Waals surface area contributed by atoms with Gasteiger partial charge in [0, 0.05) is 32.2 Å². The highest BCUT2D eigenvalue weighted by atomic mass is 16.3. The molecule has 7 heteroatoms. The lowest BCUT2D eigenvalue weighted by molar-refractivity contribution is -0.143. The monoisotopic (exact) mass is 333 g/mol. The fraction of sp³-hybridized carbons (Fsp3) is 0.706. The summed E-state index contributed by atoms with van der Waals surface area (Å²) >= 11 is 0. The normalized spacial score (nSPS) is 23.1. The number of aromatic nitrogens is 2. The average Bonchev–Trinajstić information content (AvgIpc) is 3.09. The van der Waals surface area contributed by atoms with E-state index in [0.29, 0.717) is 19.4 Å². The van der Waals surface area contributed by atoms with Gasteiger partial charge in [0.05, 0.1) is 0 Å². The number of carbonyl (C=O) groups excluding carboxylic acids is 1. The van der Waals surface area contributed by atoms with Crippen LogP contribution in [-0.4, -0.2) is 52.8 Å². The zero-order chi connectivity index (χ0) is 17.0. The molecule has 1 aliphatic carbocycles. The molecule has 1 aromatic heterocycles. The van der Waals surface area contributed by atoms with Crippen LogP contribution in [0.4, 0.5) is 11.6 Å². The Balaban J connectivity index is 1.60. The first-order valence-electron chi connectivity index (χ1n) is 8.89. The standard InChI is InChI=1S/C17H27N5O2/c1-18-14-10-15(21-12-20-14)22-9-5-6-13(22)11-19-16(23)17(24)7-3-2-4-8-17/h10,12-13,24H,2-9,11H2,1H3,(H,19,23)(H,18,20,21)/t13-/m0/s1. The second-order valence-electron chi connectivity index (χ2n) is 6.80. The molecule has 2 aliphatic rings. The van der Waals surface area contributed by atoms with Crippen molar-refractivity contribution in [3.63, 3.8) is 0 Å². The molecule has 1 saturated carbocycles. The predicted molar refractivity (Wildman–Crippen MR) is 93.0 cm³/mol. The van der Waals surface area contributed by atoms with Crippen LogP contribution in [0.25, 0.3) is 0 Å². The highest BCUT2D eigenvalue weighted by Gasteiger charge is 2.37. The lowest BCUT2D eigenvalue weighted by Gasteiger charge is -2.32. The van der Waals surface area contributed by atoms with Crippen molar-refractivity contribution < 1.29 is 9.90 Å². The van der Waals surface area contributed by atoms with E-state index in [9.17, 15) is 9.90 Å². The van der Waals surface area contributed by atoms with Crippen LogP contribution in [0.3, 0.4) is 0 Å². The number of rotatable bonds is 5. The van der Waals surface area contributed by atoms with Crippen LogP contribution >= 0.6 is 0 Å². The summed E-state index contributed by atoms with van der Waals surface area (Å²) in [6, 6.07) is 2.13. The van der Waals surface area contributed by atoms with E-state index >= 15 is 0 Å². The molecule has 1 aliphatic heterocycles. The molecule has 2 heterocycles. The van der Waals surface area contributed by atoms with E-state index in [1.54, 1.807) is 6.33 Å². The second kappa shape index (κ2) is 7.34. The third-order valence-corrected chi connectivity index (χ3v) is 5.18. The molecule has 0 spiro atoms. The number of amides is 1. The Kier molecular flexibility index (Phi) is 5.18. The first-order valence-corrected chi connectivity index (χ1v) is 8.89. The van der Waals surface area contributed by atoms with Crippen molar-refractivity contribution in [2.24, 2.45) is 0 Å². The van der Waals surface area contributed by atoms with Gasteiger partial charge in [-0.1, -0.05) is 19.3 Å². The minimum absolute atomic E-state index is 0.209. The number of nitrogens with one attached hydrogen (secondary N) is 2. The number of carbonyl (C=O) groups is 1. The quantitative estimate of drug-likeness (QED) is 0.752. The maximum absolute atomic E-state index is 12.4. The molecule has 7 nitrogen and oxygen atoms in total. The van der Waals surface area contributed by atoms with Crippen LogP contribution in [0, 0.1) is 0 Å². The number of aliphatic hydroxyl groups is 1. The summed E-state index contributed by atoms with van der Waals surface area (Å²) in [5.41, 5.74) is -1.17. The molecular formula is C17H27N5O2. The largest absolute Gasteiger partial charge is 0.380 e. The first-order chi connectivity index (χ1) is 11.6. The van der Waals surface area contributed by atoms with E-state index in [0.717, 1.165) is 50.3 Å². The van der Waals surface area contributed by atoms with Crippen molar-refractivity contribution in [1.82, 2.24) is 15.3 Å². The van der Waals surface area contributed by atoms with Gasteiger partial charge in [0.1, 0.15) is 23.6 Å². The lowest BCUT2D eigenvalue weighted by Crippen LogP contribution is -2.51. The number of hydrogen-bond acceptors (Lipinski definition) is 6. The maximum atomic E-state index is 12.4. The fourth-order valence-corrected chi connectivity index (χ4v) is 3.73. The molecule has 0 bridgehead atoms. The van der Waals surface area contributed by atoms with E-state index in [4.69, 9.17) is 0 Å². The van der Waals surface area contributed by atoms with Gasteiger partial charge in [-0.05, 0) is 25.7 Å². The fourth-order valence-electron chi connectivity index (χ4n) is 3.73. The van der Waals surface area contributed by atoms with Gasteiger partial charge in [0.2, 0.25) is 0 Å². The molecule has 0 aromatic carbocycles. The van der Waals surface area contributed by atoms with Crippen molar-refractivity contribution in [3.05, 3.63) is 12.4 Å². The van der Waals surface area contributed by atoms with Crippen LogP contribution in [-0.2, 0) is 4.79 Å². The zero-order valence-corrected chi connectivity index (χ0v) is 14.3. The highest BCUT2D eigenvalue weighted by Crippen LogP contribution is 2.29. The van der Waals surface area contributed by atoms with Crippen LogP contribution in [0.1, 0.15) is 44.9 Å². The topological polar surface area (TPSA) is 90.4 Å². The predicted octanol–water partition coefficient (Wildman–Crippen LogP) is 1.30. The minimum Gasteiger partial charge on any atom is -0.380 e. The molecule has 1 amide bonds. The van der Waals surface area contributed by atoms with Gasteiger partial charge in [-0.15, -0.1) is 0 Å². The Bertz CT molecular complexity index is 574. The van der Waals surface area contributed by atoms with E-state index in [1.807, 2.05) is 13.1 Å². The first kappa shape index (κ1) is 17.0. The van der Waals surface area contributed by atoms with Crippen molar-refractivity contribution >= 4 is 17.5 Å². The Morgan fingerprint density at radius 2 is 2.12 bits per heavy atom. The number of anilines is 2. The smallest absolute Gasteiger partial charge is 0.252 e. The molecule has 3 rings (SSSR count). The van der Waals surface area contributed by atoms with Crippen molar-refractivity contribution in [1.29, 1.82) is 0 Å². The molecule has 0 unspecified atom stereocenters. The van der Waals surface area contributed by atoms with Crippen molar-refractivity contribution in [2.45, 2.75) is 56.6 Å². The van der Waals surface area contributed by atoms with Gasteiger partial charge in [-0.25, -0.2) is 9.97 Å². The van der Waals surface area contributed by atoms with Crippen molar-refractivity contribution in [2.75, 3.05) is 30.4 Å². The third kappa shape index (κ3) is 3.61. The summed E-state index contributed by atoms with van der Waals surface area (Å²) < 4.78 is 0. The van der Waals surface area contributed by atoms with Gasteiger partial charge in [0.15, 0.2) is 0 Å². The average molecular weight is 333 g/mol. The van der Waals surface area contributed by atoms with E-state index in [2.05, 4.69) is 25.5 Å². The molecule has 0 radical (unpaired) electrons. The molecule has 1 atom stereocenters. The molecule has 3 N–H and O–H groups in total. The Hall–Kier alpha value is -1.89. The molecule has 1 saturated heterocycles. The van der Waals surface area contributed by atoms with Crippen LogP contribution in [0.5, 0.6) is 0 Å². The summed E-state index contributed by atoms with van der Waals surface area (Å²) in [6.07, 6.45) is 7.74. The summed E-state index contributed by atoms with van der Waals surface area (Å²) in [6.45, 7) is 1.46. The summed E-state index contributed by atoms with van der Waals surface area (Å²) in [5.74, 6) is 1.45. The van der Waals surface area contributed by atoms with Gasteiger partial charge in [-0.3, -0.25) is 4.79 Å². The lowest BCUT2D eigenvalue weighted by atomic mass is 9.84. The SMILES string of the molecule is CNc1cc(N2CCC[C@H]2CNC(=O)C2(O)CCCCC2)ncn1. The molecule has 24 heavy (non-hydrogen) atoms. The van der Waals surface area contributed by atoms with Gasteiger partial charge < -0.3 is 20.6 Å². The second-order valence-corrected chi connectivity index (χ2v) is 6.80. The molecule has 132 valence electrons. The molecule has 1 aromatic rings.